The van der Waals surface area contributed by atoms with Crippen LogP contribution in [-0.2, 0) is 11.3 Å². The Hall–Kier alpha value is -1.32. The van der Waals surface area contributed by atoms with Crippen LogP contribution in [0.1, 0.15) is 48.8 Å². The van der Waals surface area contributed by atoms with Gasteiger partial charge in [0, 0.05) is 12.5 Å². The van der Waals surface area contributed by atoms with Gasteiger partial charge in [0.1, 0.15) is 5.69 Å². The fraction of sp³-hybridized carbons (Fsp3) is 0.636. The molecule has 0 saturated heterocycles. The number of hydrogen-bond donors (Lipinski definition) is 0. The maximum absolute atomic E-state index is 11.6. The number of hydrogen-bond acceptors (Lipinski definition) is 3. The molecule has 0 aliphatic heterocycles. The van der Waals surface area contributed by atoms with E-state index in [4.69, 9.17) is 4.74 Å². The summed E-state index contributed by atoms with van der Waals surface area (Å²) in [5, 5.41) is 4.41. The topological polar surface area (TPSA) is 44.1 Å². The highest BCUT2D eigenvalue weighted by atomic mass is 16.5. The Labute approximate surface area is 89.2 Å². The fourth-order valence-corrected chi connectivity index (χ4v) is 1.63. The van der Waals surface area contributed by atoms with Crippen molar-refractivity contribution in [2.45, 2.75) is 39.2 Å². The molecule has 1 aliphatic carbocycles. The van der Waals surface area contributed by atoms with E-state index < -0.39 is 0 Å². The molecule has 1 aliphatic rings. The molecule has 0 spiro atoms. The monoisotopic (exact) mass is 208 g/mol. The quantitative estimate of drug-likeness (QED) is 0.710. The van der Waals surface area contributed by atoms with Crippen LogP contribution in [0.4, 0.5) is 0 Å². The first-order valence-corrected chi connectivity index (χ1v) is 5.51. The van der Waals surface area contributed by atoms with Gasteiger partial charge < -0.3 is 4.74 Å². The van der Waals surface area contributed by atoms with E-state index in [2.05, 4.69) is 5.10 Å². The van der Waals surface area contributed by atoms with E-state index >= 15 is 0 Å². The Balaban J connectivity index is 2.23. The highest BCUT2D eigenvalue weighted by Crippen LogP contribution is 2.39. The molecule has 0 radical (unpaired) electrons. The van der Waals surface area contributed by atoms with Crippen LogP contribution in [-0.4, -0.2) is 22.4 Å². The van der Waals surface area contributed by atoms with Crippen LogP contribution in [0.25, 0.3) is 0 Å². The van der Waals surface area contributed by atoms with Gasteiger partial charge in [-0.05, 0) is 32.8 Å². The second kappa shape index (κ2) is 4.04. The lowest BCUT2D eigenvalue weighted by atomic mass is 10.3. The molecule has 0 aromatic carbocycles. The summed E-state index contributed by atoms with van der Waals surface area (Å²) in [5.74, 6) is 0.310. The minimum absolute atomic E-state index is 0.265. The van der Waals surface area contributed by atoms with Gasteiger partial charge in [0.15, 0.2) is 0 Å². The fourth-order valence-electron chi connectivity index (χ4n) is 1.63. The van der Waals surface area contributed by atoms with E-state index in [1.165, 1.54) is 12.8 Å². The van der Waals surface area contributed by atoms with Gasteiger partial charge in [0.05, 0.1) is 12.3 Å². The van der Waals surface area contributed by atoms with Gasteiger partial charge in [0.25, 0.3) is 0 Å². The van der Waals surface area contributed by atoms with Crippen molar-refractivity contribution in [3.05, 3.63) is 17.5 Å². The van der Waals surface area contributed by atoms with E-state index in [0.29, 0.717) is 24.8 Å². The second-order valence-electron chi connectivity index (χ2n) is 3.76. The van der Waals surface area contributed by atoms with Crippen LogP contribution in [0, 0.1) is 0 Å². The summed E-state index contributed by atoms with van der Waals surface area (Å²) in [4.78, 5) is 11.6. The lowest BCUT2D eigenvalue weighted by Crippen LogP contribution is -2.12. The number of aryl methyl sites for hydroxylation is 1. The van der Waals surface area contributed by atoms with E-state index in [1.54, 1.807) is 4.68 Å². The van der Waals surface area contributed by atoms with Gasteiger partial charge in [-0.3, -0.25) is 4.68 Å². The van der Waals surface area contributed by atoms with Crippen LogP contribution < -0.4 is 0 Å². The molecular formula is C11H16N2O2. The Kier molecular flexibility index (Phi) is 2.75. The number of carbonyl (C=O) groups excluding carboxylic acids is 1. The number of carbonyl (C=O) groups is 1. The first-order chi connectivity index (χ1) is 7.26. The summed E-state index contributed by atoms with van der Waals surface area (Å²) in [5.41, 5.74) is 1.63. The van der Waals surface area contributed by atoms with Crippen molar-refractivity contribution in [3.8, 4) is 0 Å². The minimum Gasteiger partial charge on any atom is -0.461 e. The van der Waals surface area contributed by atoms with Gasteiger partial charge >= 0.3 is 5.97 Å². The predicted octanol–water partition coefficient (Wildman–Crippen LogP) is 1.96. The first-order valence-electron chi connectivity index (χ1n) is 5.51. The molecule has 2 rings (SSSR count). The molecule has 1 fully saturated rings. The lowest BCUT2D eigenvalue weighted by Gasteiger charge is -2.02. The summed E-state index contributed by atoms with van der Waals surface area (Å²) in [6.45, 7) is 4.91. The molecule has 1 aromatic rings. The third kappa shape index (κ3) is 2.03. The molecule has 82 valence electrons. The summed E-state index contributed by atoms with van der Waals surface area (Å²) in [7, 11) is 0. The maximum atomic E-state index is 11.6. The number of esters is 1. The average Bonchev–Trinajstić information content (AvgIpc) is 2.98. The van der Waals surface area contributed by atoms with Crippen molar-refractivity contribution in [2.24, 2.45) is 0 Å². The molecule has 0 amide bonds. The van der Waals surface area contributed by atoms with Crippen LogP contribution >= 0.6 is 0 Å². The van der Waals surface area contributed by atoms with Gasteiger partial charge in [0.2, 0.25) is 0 Å². The number of rotatable bonds is 4. The van der Waals surface area contributed by atoms with Crippen LogP contribution in [0.5, 0.6) is 0 Å². The van der Waals surface area contributed by atoms with E-state index in [1.807, 2.05) is 19.9 Å². The Morgan fingerprint density at radius 3 is 2.87 bits per heavy atom. The molecular weight excluding hydrogens is 192 g/mol. The van der Waals surface area contributed by atoms with Crippen molar-refractivity contribution in [3.63, 3.8) is 0 Å². The van der Waals surface area contributed by atoms with Gasteiger partial charge in [-0.15, -0.1) is 0 Å². The number of aromatic nitrogens is 2. The Bertz CT molecular complexity index is 367. The van der Waals surface area contributed by atoms with Gasteiger partial charge in [-0.25, -0.2) is 4.79 Å². The maximum Gasteiger partial charge on any atom is 0.356 e. The van der Waals surface area contributed by atoms with Gasteiger partial charge in [-0.2, -0.15) is 5.10 Å². The zero-order chi connectivity index (χ0) is 10.8. The van der Waals surface area contributed by atoms with Crippen molar-refractivity contribution < 1.29 is 9.53 Å². The molecule has 0 unspecified atom stereocenters. The second-order valence-corrected chi connectivity index (χ2v) is 3.76. The van der Waals surface area contributed by atoms with Gasteiger partial charge in [-0.1, -0.05) is 0 Å². The molecule has 15 heavy (non-hydrogen) atoms. The Morgan fingerprint density at radius 2 is 2.33 bits per heavy atom. The van der Waals surface area contributed by atoms with Crippen LogP contribution in [0.3, 0.4) is 0 Å². The molecule has 1 saturated carbocycles. The van der Waals surface area contributed by atoms with E-state index in [9.17, 15) is 4.79 Å². The standard InChI is InChI=1S/C11H16N2O2/c1-3-13-10(11(14)15-4-2)7-9(12-13)8-5-6-8/h7-8H,3-6H2,1-2H3. The van der Waals surface area contributed by atoms with Crippen molar-refractivity contribution >= 4 is 5.97 Å². The SMILES string of the molecule is CCOC(=O)c1cc(C2CC2)nn1CC. The molecule has 4 heteroatoms. The normalized spacial score (nSPS) is 15.3. The molecule has 4 nitrogen and oxygen atoms in total. The predicted molar refractivity (Wildman–Crippen MR) is 55.8 cm³/mol. The van der Waals surface area contributed by atoms with Crippen molar-refractivity contribution in [1.82, 2.24) is 9.78 Å². The van der Waals surface area contributed by atoms with Crippen molar-refractivity contribution in [1.29, 1.82) is 0 Å². The minimum atomic E-state index is -0.265. The highest BCUT2D eigenvalue weighted by molar-refractivity contribution is 5.87. The smallest absolute Gasteiger partial charge is 0.356 e. The summed E-state index contributed by atoms with van der Waals surface area (Å²) in [6, 6.07) is 1.87. The van der Waals surface area contributed by atoms with Crippen molar-refractivity contribution in [2.75, 3.05) is 6.61 Å². The van der Waals surface area contributed by atoms with E-state index in [0.717, 1.165) is 5.69 Å². The Morgan fingerprint density at radius 1 is 1.60 bits per heavy atom. The van der Waals surface area contributed by atoms with E-state index in [-0.39, 0.29) is 5.97 Å². The third-order valence-corrected chi connectivity index (χ3v) is 2.58. The number of ether oxygens (including phenoxy) is 1. The average molecular weight is 208 g/mol. The lowest BCUT2D eigenvalue weighted by molar-refractivity contribution is 0.0512. The first kappa shape index (κ1) is 10.2. The molecule has 1 aromatic heterocycles. The molecule has 1 heterocycles. The zero-order valence-electron chi connectivity index (χ0n) is 9.19. The highest BCUT2D eigenvalue weighted by Gasteiger charge is 2.28. The molecule has 0 atom stereocenters. The van der Waals surface area contributed by atoms with Crippen LogP contribution in [0.2, 0.25) is 0 Å². The largest absolute Gasteiger partial charge is 0.461 e. The zero-order valence-corrected chi connectivity index (χ0v) is 9.19. The summed E-state index contributed by atoms with van der Waals surface area (Å²) >= 11 is 0. The molecule has 0 N–H and O–H groups in total. The summed E-state index contributed by atoms with van der Waals surface area (Å²) < 4.78 is 6.71. The third-order valence-electron chi connectivity index (χ3n) is 2.58. The van der Waals surface area contributed by atoms with Crippen LogP contribution in [0.15, 0.2) is 6.07 Å². The number of nitrogens with zero attached hydrogens (tertiary/aromatic N) is 2. The molecule has 0 bridgehead atoms. The summed E-state index contributed by atoms with van der Waals surface area (Å²) in [6.07, 6.45) is 2.39.